The molecule has 1 rings (SSSR count). The van der Waals surface area contributed by atoms with Gasteiger partial charge in [0.1, 0.15) is 0 Å². The molecule has 1 atom stereocenters. The Hall–Kier alpha value is -1.66. The van der Waals surface area contributed by atoms with Gasteiger partial charge < -0.3 is 4.74 Å². The highest BCUT2D eigenvalue weighted by Gasteiger charge is 2.36. The number of hydrogen-bond donors (Lipinski definition) is 0. The highest BCUT2D eigenvalue weighted by molar-refractivity contribution is 5.76. The zero-order valence-electron chi connectivity index (χ0n) is 13.6. The van der Waals surface area contributed by atoms with Crippen LogP contribution in [0, 0.1) is 46.3 Å². The van der Waals surface area contributed by atoms with Crippen molar-refractivity contribution in [2.75, 3.05) is 0 Å². The Morgan fingerprint density at radius 1 is 0.913 bits per heavy atom. The average molecular weight is 338 g/mol. The highest BCUT2D eigenvalue weighted by atomic mass is 19.2. The standard InChI is InChI=1S/C16H19F5O2/c1-7(2)6-8(16(3,4)5)15(22)23-14-12(20)10(18)9(17)11(19)13(14)21/h7-8H,6H2,1-5H3. The van der Waals surface area contributed by atoms with Gasteiger partial charge in [-0.05, 0) is 17.8 Å². The van der Waals surface area contributed by atoms with E-state index in [1.54, 1.807) is 20.8 Å². The number of halogens is 5. The van der Waals surface area contributed by atoms with Gasteiger partial charge in [-0.2, -0.15) is 8.78 Å². The second-order valence-corrected chi connectivity index (χ2v) is 6.87. The van der Waals surface area contributed by atoms with E-state index in [0.29, 0.717) is 6.42 Å². The lowest BCUT2D eigenvalue weighted by molar-refractivity contribution is -0.143. The van der Waals surface area contributed by atoms with Crippen molar-refractivity contribution in [2.45, 2.75) is 41.0 Å². The van der Waals surface area contributed by atoms with E-state index in [2.05, 4.69) is 4.74 Å². The van der Waals surface area contributed by atoms with E-state index in [1.165, 1.54) is 0 Å². The van der Waals surface area contributed by atoms with E-state index in [1.807, 2.05) is 13.8 Å². The monoisotopic (exact) mass is 338 g/mol. The van der Waals surface area contributed by atoms with Crippen LogP contribution in [-0.2, 0) is 4.79 Å². The molecule has 0 radical (unpaired) electrons. The Morgan fingerprint density at radius 2 is 1.30 bits per heavy atom. The number of rotatable bonds is 4. The third-order valence-electron chi connectivity index (χ3n) is 3.41. The third kappa shape index (κ3) is 4.20. The summed E-state index contributed by atoms with van der Waals surface area (Å²) in [6.45, 7) is 8.84. The van der Waals surface area contributed by atoms with E-state index >= 15 is 0 Å². The van der Waals surface area contributed by atoms with Gasteiger partial charge in [-0.15, -0.1) is 0 Å². The Balaban J connectivity index is 3.23. The van der Waals surface area contributed by atoms with Crippen molar-refractivity contribution in [3.63, 3.8) is 0 Å². The lowest BCUT2D eigenvalue weighted by atomic mass is 9.76. The van der Waals surface area contributed by atoms with Gasteiger partial charge in [-0.1, -0.05) is 34.6 Å². The molecule has 1 aromatic rings. The fraction of sp³-hybridized carbons (Fsp3) is 0.562. The Morgan fingerprint density at radius 3 is 1.65 bits per heavy atom. The number of hydrogen-bond acceptors (Lipinski definition) is 2. The largest absolute Gasteiger partial charge is 0.420 e. The lowest BCUT2D eigenvalue weighted by Crippen LogP contribution is -2.33. The number of carbonyl (C=O) groups excluding carboxylic acids is 1. The van der Waals surface area contributed by atoms with Gasteiger partial charge >= 0.3 is 5.97 Å². The van der Waals surface area contributed by atoms with Crippen LogP contribution in [0.4, 0.5) is 22.0 Å². The van der Waals surface area contributed by atoms with E-state index in [4.69, 9.17) is 0 Å². The van der Waals surface area contributed by atoms with Crippen LogP contribution >= 0.6 is 0 Å². The predicted octanol–water partition coefficient (Wildman–Crippen LogP) is 5.00. The summed E-state index contributed by atoms with van der Waals surface area (Å²) in [5, 5.41) is 0. The molecule has 0 amide bonds. The minimum absolute atomic E-state index is 0.0724. The molecule has 0 fully saturated rings. The summed E-state index contributed by atoms with van der Waals surface area (Å²) in [6.07, 6.45) is 0.345. The summed E-state index contributed by atoms with van der Waals surface area (Å²) in [4.78, 5) is 12.2. The average Bonchev–Trinajstić information content (AvgIpc) is 2.43. The molecule has 0 N–H and O–H groups in total. The Bertz CT molecular complexity index is 576. The molecule has 23 heavy (non-hydrogen) atoms. The van der Waals surface area contributed by atoms with Gasteiger partial charge in [0.2, 0.25) is 34.8 Å². The van der Waals surface area contributed by atoms with Gasteiger partial charge in [-0.25, -0.2) is 13.2 Å². The second kappa shape index (κ2) is 6.84. The van der Waals surface area contributed by atoms with Crippen LogP contribution in [-0.4, -0.2) is 5.97 Å². The van der Waals surface area contributed by atoms with E-state index in [9.17, 15) is 26.7 Å². The molecule has 0 aliphatic heterocycles. The Labute approximate surface area is 131 Å². The summed E-state index contributed by atoms with van der Waals surface area (Å²) < 4.78 is 71.0. The molecule has 130 valence electrons. The molecule has 7 heteroatoms. The van der Waals surface area contributed by atoms with Crippen LogP contribution < -0.4 is 4.74 Å². The van der Waals surface area contributed by atoms with Gasteiger partial charge in [0.15, 0.2) is 0 Å². The Kier molecular flexibility index (Phi) is 5.77. The second-order valence-electron chi connectivity index (χ2n) is 6.87. The number of esters is 1. The molecule has 0 heterocycles. The first-order valence-electron chi connectivity index (χ1n) is 7.11. The van der Waals surface area contributed by atoms with Gasteiger partial charge in [0.05, 0.1) is 5.92 Å². The summed E-state index contributed by atoms with van der Waals surface area (Å²) in [5.74, 6) is -14.2. The number of carbonyl (C=O) groups is 1. The van der Waals surface area contributed by atoms with Crippen LogP contribution in [0.15, 0.2) is 0 Å². The normalized spacial score (nSPS) is 13.3. The SMILES string of the molecule is CC(C)CC(C(=O)Oc1c(F)c(F)c(F)c(F)c1F)C(C)(C)C. The maximum Gasteiger partial charge on any atom is 0.315 e. The molecule has 0 saturated carbocycles. The fourth-order valence-corrected chi connectivity index (χ4v) is 2.12. The van der Waals surface area contributed by atoms with Crippen LogP contribution in [0.2, 0.25) is 0 Å². The van der Waals surface area contributed by atoms with Crippen LogP contribution in [0.1, 0.15) is 41.0 Å². The van der Waals surface area contributed by atoms with Crippen molar-refractivity contribution in [3.05, 3.63) is 29.1 Å². The molecule has 1 unspecified atom stereocenters. The van der Waals surface area contributed by atoms with Crippen molar-refractivity contribution in [2.24, 2.45) is 17.3 Å². The third-order valence-corrected chi connectivity index (χ3v) is 3.41. The molecule has 0 aromatic heterocycles. The van der Waals surface area contributed by atoms with E-state index in [0.717, 1.165) is 0 Å². The smallest absolute Gasteiger partial charge is 0.315 e. The minimum Gasteiger partial charge on any atom is -0.420 e. The lowest BCUT2D eigenvalue weighted by Gasteiger charge is -2.30. The number of benzene rings is 1. The van der Waals surface area contributed by atoms with Gasteiger partial charge in [0.25, 0.3) is 0 Å². The molecule has 0 aliphatic rings. The van der Waals surface area contributed by atoms with Crippen molar-refractivity contribution < 1.29 is 31.5 Å². The van der Waals surface area contributed by atoms with Crippen molar-refractivity contribution in [1.82, 2.24) is 0 Å². The molecule has 0 bridgehead atoms. The van der Waals surface area contributed by atoms with Crippen LogP contribution in [0.3, 0.4) is 0 Å². The minimum atomic E-state index is -2.30. The van der Waals surface area contributed by atoms with Crippen molar-refractivity contribution >= 4 is 5.97 Å². The van der Waals surface area contributed by atoms with Crippen molar-refractivity contribution in [1.29, 1.82) is 0 Å². The quantitative estimate of drug-likeness (QED) is 0.254. The van der Waals surface area contributed by atoms with Crippen LogP contribution in [0.5, 0.6) is 5.75 Å². The first kappa shape index (κ1) is 19.4. The van der Waals surface area contributed by atoms with E-state index in [-0.39, 0.29) is 5.92 Å². The van der Waals surface area contributed by atoms with Gasteiger partial charge in [0, 0.05) is 0 Å². The van der Waals surface area contributed by atoms with Gasteiger partial charge in [-0.3, -0.25) is 4.79 Å². The predicted molar refractivity (Wildman–Crippen MR) is 74.3 cm³/mol. The van der Waals surface area contributed by atoms with E-state index < -0.39 is 52.1 Å². The molecule has 2 nitrogen and oxygen atoms in total. The zero-order chi connectivity index (χ0) is 18.1. The first-order chi connectivity index (χ1) is 10.4. The molecule has 0 saturated heterocycles. The maximum absolute atomic E-state index is 13.6. The van der Waals surface area contributed by atoms with Crippen molar-refractivity contribution in [3.8, 4) is 5.75 Å². The summed E-state index contributed by atoms with van der Waals surface area (Å²) >= 11 is 0. The fourth-order valence-electron chi connectivity index (χ4n) is 2.12. The highest BCUT2D eigenvalue weighted by Crippen LogP contribution is 2.35. The summed E-state index contributed by atoms with van der Waals surface area (Å²) in [7, 11) is 0. The zero-order valence-corrected chi connectivity index (χ0v) is 13.6. The molecule has 1 aromatic carbocycles. The first-order valence-corrected chi connectivity index (χ1v) is 7.11. The molecule has 0 spiro atoms. The molecule has 0 aliphatic carbocycles. The van der Waals surface area contributed by atoms with Crippen LogP contribution in [0.25, 0.3) is 0 Å². The topological polar surface area (TPSA) is 26.3 Å². The molecular formula is C16H19F5O2. The maximum atomic E-state index is 13.6. The summed E-state index contributed by atoms with van der Waals surface area (Å²) in [6, 6.07) is 0. The molecular weight excluding hydrogens is 319 g/mol. The summed E-state index contributed by atoms with van der Waals surface area (Å²) in [5.41, 5.74) is -0.606. The number of ether oxygens (including phenoxy) is 1.